The molecule has 0 aromatic carbocycles. The van der Waals surface area contributed by atoms with Crippen LogP contribution in [0.5, 0.6) is 5.75 Å². The Bertz CT molecular complexity index is 340. The highest BCUT2D eigenvalue weighted by Gasteiger charge is 2.11. The first-order valence-electron chi connectivity index (χ1n) is 4.92. The van der Waals surface area contributed by atoms with Crippen molar-refractivity contribution in [2.24, 2.45) is 0 Å². The van der Waals surface area contributed by atoms with E-state index in [0.29, 0.717) is 22.7 Å². The van der Waals surface area contributed by atoms with Crippen LogP contribution >= 0.6 is 23.2 Å². The molecule has 1 saturated heterocycles. The Morgan fingerprint density at radius 2 is 2.07 bits per heavy atom. The van der Waals surface area contributed by atoms with Gasteiger partial charge in [0.25, 0.3) is 0 Å². The van der Waals surface area contributed by atoms with Gasteiger partial charge < -0.3 is 4.74 Å². The van der Waals surface area contributed by atoms with E-state index < -0.39 is 0 Å². The number of likely N-dealkylation sites (tertiary alicyclic amines) is 1. The van der Waals surface area contributed by atoms with Crippen molar-refractivity contribution in [3.05, 3.63) is 22.4 Å². The fourth-order valence-corrected chi connectivity index (χ4v) is 1.82. The van der Waals surface area contributed by atoms with E-state index in [9.17, 15) is 0 Å². The minimum Gasteiger partial charge on any atom is -0.476 e. The lowest BCUT2D eigenvalue weighted by Crippen LogP contribution is -2.24. The lowest BCUT2D eigenvalue weighted by atomic mass is 10.4. The molecule has 5 heteroatoms. The van der Waals surface area contributed by atoms with Crippen molar-refractivity contribution in [1.82, 2.24) is 9.88 Å². The Labute approximate surface area is 98.9 Å². The van der Waals surface area contributed by atoms with E-state index in [1.54, 1.807) is 12.3 Å². The first-order chi connectivity index (χ1) is 7.25. The van der Waals surface area contributed by atoms with Gasteiger partial charge in [0.1, 0.15) is 17.6 Å². The molecular formula is C10H12Cl2N2O. The quantitative estimate of drug-likeness (QED) is 0.768. The van der Waals surface area contributed by atoms with Gasteiger partial charge in [-0.05, 0) is 12.8 Å². The molecule has 0 aliphatic carbocycles. The molecule has 0 radical (unpaired) electrons. The summed E-state index contributed by atoms with van der Waals surface area (Å²) in [6, 6.07) is 1.69. The van der Waals surface area contributed by atoms with Gasteiger partial charge in [-0.3, -0.25) is 4.90 Å². The average Bonchev–Trinajstić information content (AvgIpc) is 2.73. The van der Waals surface area contributed by atoms with Crippen LogP contribution in [0.1, 0.15) is 12.8 Å². The van der Waals surface area contributed by atoms with Gasteiger partial charge in [0.2, 0.25) is 0 Å². The summed E-state index contributed by atoms with van der Waals surface area (Å²) < 4.78 is 5.55. The standard InChI is InChI=1S/C10H12Cl2N2O/c11-9-5-8(6-13-10(9)12)15-7-14-3-1-2-4-14/h5-6H,1-4,7H2. The third-order valence-corrected chi connectivity index (χ3v) is 3.07. The second-order valence-corrected chi connectivity index (χ2v) is 4.31. The van der Waals surface area contributed by atoms with Crippen LogP contribution in [-0.4, -0.2) is 29.7 Å². The molecule has 3 nitrogen and oxygen atoms in total. The highest BCUT2D eigenvalue weighted by Crippen LogP contribution is 2.23. The Kier molecular flexibility index (Phi) is 3.67. The van der Waals surface area contributed by atoms with Crippen molar-refractivity contribution in [2.45, 2.75) is 12.8 Å². The zero-order valence-electron chi connectivity index (χ0n) is 8.25. The van der Waals surface area contributed by atoms with Crippen LogP contribution < -0.4 is 4.74 Å². The van der Waals surface area contributed by atoms with Crippen molar-refractivity contribution in [3.63, 3.8) is 0 Å². The normalized spacial score (nSPS) is 16.9. The van der Waals surface area contributed by atoms with Gasteiger partial charge in [-0.15, -0.1) is 0 Å². The van der Waals surface area contributed by atoms with Gasteiger partial charge in [-0.2, -0.15) is 0 Å². The average molecular weight is 247 g/mol. The minimum atomic E-state index is 0.310. The van der Waals surface area contributed by atoms with E-state index in [1.165, 1.54) is 12.8 Å². The number of nitrogens with zero attached hydrogens (tertiary/aromatic N) is 2. The molecular weight excluding hydrogens is 235 g/mol. The molecule has 1 aromatic rings. The zero-order chi connectivity index (χ0) is 10.7. The maximum Gasteiger partial charge on any atom is 0.147 e. The van der Waals surface area contributed by atoms with Crippen LogP contribution in [0.4, 0.5) is 0 Å². The molecule has 1 aromatic heterocycles. The SMILES string of the molecule is Clc1cc(OCN2CCCC2)cnc1Cl. The minimum absolute atomic E-state index is 0.310. The number of hydrogen-bond acceptors (Lipinski definition) is 3. The fourth-order valence-electron chi connectivity index (χ4n) is 1.56. The summed E-state index contributed by atoms with van der Waals surface area (Å²) in [5, 5.41) is 0.737. The Balaban J connectivity index is 1.90. The van der Waals surface area contributed by atoms with E-state index in [1.807, 2.05) is 0 Å². The smallest absolute Gasteiger partial charge is 0.147 e. The number of halogens is 2. The molecule has 82 valence electrons. The molecule has 0 atom stereocenters. The molecule has 15 heavy (non-hydrogen) atoms. The van der Waals surface area contributed by atoms with E-state index in [4.69, 9.17) is 27.9 Å². The highest BCUT2D eigenvalue weighted by molar-refractivity contribution is 6.41. The van der Waals surface area contributed by atoms with Crippen molar-refractivity contribution < 1.29 is 4.74 Å². The Hall–Kier alpha value is -0.510. The van der Waals surface area contributed by atoms with E-state index in [0.717, 1.165) is 13.1 Å². The third kappa shape index (κ3) is 2.97. The van der Waals surface area contributed by atoms with Crippen molar-refractivity contribution >= 4 is 23.2 Å². The molecule has 1 fully saturated rings. The Morgan fingerprint density at radius 1 is 1.33 bits per heavy atom. The zero-order valence-corrected chi connectivity index (χ0v) is 9.76. The lowest BCUT2D eigenvalue weighted by Gasteiger charge is -2.15. The summed E-state index contributed by atoms with van der Waals surface area (Å²) in [6.45, 7) is 2.81. The van der Waals surface area contributed by atoms with Crippen molar-refractivity contribution in [2.75, 3.05) is 19.8 Å². The summed E-state index contributed by atoms with van der Waals surface area (Å²) in [5.74, 6) is 0.663. The maximum atomic E-state index is 5.82. The first kappa shape index (κ1) is 11.0. The molecule has 0 spiro atoms. The maximum absolute atomic E-state index is 5.82. The van der Waals surface area contributed by atoms with Gasteiger partial charge in [0, 0.05) is 19.2 Å². The fraction of sp³-hybridized carbons (Fsp3) is 0.500. The van der Waals surface area contributed by atoms with Gasteiger partial charge in [0.05, 0.1) is 11.2 Å². The lowest BCUT2D eigenvalue weighted by molar-refractivity contribution is 0.151. The van der Waals surface area contributed by atoms with Gasteiger partial charge in [-0.25, -0.2) is 4.98 Å². The second-order valence-electron chi connectivity index (χ2n) is 3.54. The molecule has 2 heterocycles. The van der Waals surface area contributed by atoms with E-state index in [-0.39, 0.29) is 0 Å². The molecule has 0 saturated carbocycles. The number of pyridine rings is 1. The van der Waals surface area contributed by atoms with Crippen molar-refractivity contribution in [3.8, 4) is 5.75 Å². The highest BCUT2D eigenvalue weighted by atomic mass is 35.5. The summed E-state index contributed by atoms with van der Waals surface area (Å²) in [6.07, 6.45) is 4.09. The van der Waals surface area contributed by atoms with Crippen LogP contribution in [0.3, 0.4) is 0 Å². The summed E-state index contributed by atoms with van der Waals surface area (Å²) in [7, 11) is 0. The number of aromatic nitrogens is 1. The van der Waals surface area contributed by atoms with Gasteiger partial charge in [-0.1, -0.05) is 23.2 Å². The predicted octanol–water partition coefficient (Wildman–Crippen LogP) is 2.82. The molecule has 0 bridgehead atoms. The summed E-state index contributed by atoms with van der Waals surface area (Å²) >= 11 is 11.5. The monoisotopic (exact) mass is 246 g/mol. The Morgan fingerprint density at radius 3 is 2.73 bits per heavy atom. The largest absolute Gasteiger partial charge is 0.476 e. The van der Waals surface area contributed by atoms with Crippen molar-refractivity contribution in [1.29, 1.82) is 0 Å². The molecule has 0 amide bonds. The molecule has 2 rings (SSSR count). The van der Waals surface area contributed by atoms with Crippen LogP contribution in [0.2, 0.25) is 10.2 Å². The second kappa shape index (κ2) is 5.01. The summed E-state index contributed by atoms with van der Waals surface area (Å²) in [5.41, 5.74) is 0. The summed E-state index contributed by atoms with van der Waals surface area (Å²) in [4.78, 5) is 6.17. The number of ether oxygens (including phenoxy) is 1. The topological polar surface area (TPSA) is 25.4 Å². The number of rotatable bonds is 3. The third-order valence-electron chi connectivity index (χ3n) is 2.38. The van der Waals surface area contributed by atoms with Crippen LogP contribution in [0.15, 0.2) is 12.3 Å². The molecule has 1 aliphatic rings. The molecule has 1 aliphatic heterocycles. The first-order valence-corrected chi connectivity index (χ1v) is 5.67. The predicted molar refractivity (Wildman–Crippen MR) is 60.6 cm³/mol. The van der Waals surface area contributed by atoms with Crippen LogP contribution in [-0.2, 0) is 0 Å². The number of hydrogen-bond donors (Lipinski definition) is 0. The van der Waals surface area contributed by atoms with Gasteiger partial charge >= 0.3 is 0 Å². The van der Waals surface area contributed by atoms with E-state index in [2.05, 4.69) is 9.88 Å². The van der Waals surface area contributed by atoms with Crippen LogP contribution in [0, 0.1) is 0 Å². The van der Waals surface area contributed by atoms with E-state index >= 15 is 0 Å². The van der Waals surface area contributed by atoms with Gasteiger partial charge in [0.15, 0.2) is 0 Å². The van der Waals surface area contributed by atoms with Crippen LogP contribution in [0.25, 0.3) is 0 Å². The molecule has 0 N–H and O–H groups in total. The molecule has 0 unspecified atom stereocenters.